The highest BCUT2D eigenvalue weighted by Crippen LogP contribution is 2.22. The molecule has 3 rings (SSSR count). The van der Waals surface area contributed by atoms with Gasteiger partial charge in [0.25, 0.3) is 5.91 Å². The lowest BCUT2D eigenvalue weighted by atomic mass is 9.87. The summed E-state index contributed by atoms with van der Waals surface area (Å²) >= 11 is 0. The summed E-state index contributed by atoms with van der Waals surface area (Å²) in [7, 11) is 0. The van der Waals surface area contributed by atoms with Crippen LogP contribution < -0.4 is 16.0 Å². The van der Waals surface area contributed by atoms with Gasteiger partial charge < -0.3 is 16.0 Å². The van der Waals surface area contributed by atoms with E-state index in [9.17, 15) is 9.59 Å². The lowest BCUT2D eigenvalue weighted by Crippen LogP contribution is -2.32. The predicted octanol–water partition coefficient (Wildman–Crippen LogP) is 4.19. The maximum atomic E-state index is 12.3. The Morgan fingerprint density at radius 3 is 2.16 bits per heavy atom. The maximum absolute atomic E-state index is 12.3. The third-order valence-corrected chi connectivity index (χ3v) is 4.67. The van der Waals surface area contributed by atoms with E-state index in [4.69, 9.17) is 0 Å². The lowest BCUT2D eigenvalue weighted by Gasteiger charge is -2.19. The van der Waals surface area contributed by atoms with E-state index in [1.165, 1.54) is 6.33 Å². The van der Waals surface area contributed by atoms with E-state index in [2.05, 4.69) is 46.7 Å². The minimum atomic E-state index is -0.299. The monoisotopic (exact) mass is 417 g/mol. The zero-order valence-corrected chi connectivity index (χ0v) is 18.2. The average molecular weight is 418 g/mol. The van der Waals surface area contributed by atoms with Gasteiger partial charge in [-0.05, 0) is 54.3 Å². The van der Waals surface area contributed by atoms with Crippen LogP contribution in [0.15, 0.2) is 60.9 Å². The van der Waals surface area contributed by atoms with Crippen molar-refractivity contribution in [2.45, 2.75) is 33.1 Å². The molecule has 0 unspecified atom stereocenters. The number of hydrogen-bond acceptors (Lipinski definition) is 5. The molecule has 0 aliphatic rings. The third kappa shape index (κ3) is 6.37. The number of anilines is 3. The van der Waals surface area contributed by atoms with Gasteiger partial charge in [-0.25, -0.2) is 9.97 Å². The molecular weight excluding hydrogens is 390 g/mol. The normalized spacial score (nSPS) is 11.0. The van der Waals surface area contributed by atoms with Crippen LogP contribution in [-0.4, -0.2) is 28.3 Å². The number of benzene rings is 2. The molecule has 1 heterocycles. The molecule has 0 radical (unpaired) electrons. The maximum Gasteiger partial charge on any atom is 0.251 e. The first-order valence-electron chi connectivity index (χ1n) is 10.0. The first-order valence-corrected chi connectivity index (χ1v) is 10.0. The van der Waals surface area contributed by atoms with Crippen molar-refractivity contribution in [3.05, 3.63) is 77.7 Å². The molecule has 1 aromatic heterocycles. The SMILES string of the molecule is Cc1cc(Nc2ccc(NC(=O)CNC(=O)c3ccc(C(C)(C)C)cc3)cc2)ncn1. The fourth-order valence-electron chi connectivity index (χ4n) is 2.90. The number of nitrogens with one attached hydrogen (secondary N) is 3. The van der Waals surface area contributed by atoms with E-state index in [1.54, 1.807) is 24.3 Å². The van der Waals surface area contributed by atoms with E-state index < -0.39 is 0 Å². The molecule has 2 amide bonds. The fourth-order valence-corrected chi connectivity index (χ4v) is 2.90. The summed E-state index contributed by atoms with van der Waals surface area (Å²) in [4.78, 5) is 32.7. The van der Waals surface area contributed by atoms with Crippen LogP contribution in [0.3, 0.4) is 0 Å². The number of aromatic nitrogens is 2. The Labute approximate surface area is 182 Å². The molecule has 31 heavy (non-hydrogen) atoms. The number of carbonyl (C=O) groups excluding carboxylic acids is 2. The summed E-state index contributed by atoms with van der Waals surface area (Å²) in [6.45, 7) is 8.13. The highest BCUT2D eigenvalue weighted by atomic mass is 16.2. The van der Waals surface area contributed by atoms with Crippen molar-refractivity contribution in [1.29, 1.82) is 0 Å². The van der Waals surface area contributed by atoms with E-state index in [-0.39, 0.29) is 23.8 Å². The van der Waals surface area contributed by atoms with E-state index in [0.717, 1.165) is 16.9 Å². The van der Waals surface area contributed by atoms with Crippen molar-refractivity contribution < 1.29 is 9.59 Å². The number of nitrogens with zero attached hydrogens (tertiary/aromatic N) is 2. The number of carbonyl (C=O) groups is 2. The Balaban J connectivity index is 1.49. The van der Waals surface area contributed by atoms with Gasteiger partial charge in [0.2, 0.25) is 5.91 Å². The van der Waals surface area contributed by atoms with Gasteiger partial charge in [0.1, 0.15) is 12.1 Å². The molecule has 7 heteroatoms. The lowest BCUT2D eigenvalue weighted by molar-refractivity contribution is -0.115. The summed E-state index contributed by atoms with van der Waals surface area (Å²) in [5.41, 5.74) is 4.04. The first kappa shape index (κ1) is 22.0. The molecule has 160 valence electrons. The van der Waals surface area contributed by atoms with E-state index in [0.29, 0.717) is 17.1 Å². The summed E-state index contributed by atoms with van der Waals surface area (Å²) in [5.74, 6) is 0.115. The number of rotatable bonds is 6. The molecule has 2 aromatic carbocycles. The molecule has 0 saturated heterocycles. The zero-order valence-electron chi connectivity index (χ0n) is 18.2. The van der Waals surface area contributed by atoms with Crippen LogP contribution in [0.1, 0.15) is 42.4 Å². The van der Waals surface area contributed by atoms with Crippen molar-refractivity contribution in [2.24, 2.45) is 0 Å². The molecule has 0 spiro atoms. The minimum absolute atomic E-state index is 0.0215. The van der Waals surface area contributed by atoms with Crippen molar-refractivity contribution in [1.82, 2.24) is 15.3 Å². The number of amides is 2. The van der Waals surface area contributed by atoms with Crippen molar-refractivity contribution in [3.8, 4) is 0 Å². The van der Waals surface area contributed by atoms with Crippen LogP contribution in [0, 0.1) is 6.92 Å². The Kier molecular flexibility index (Phi) is 6.65. The largest absolute Gasteiger partial charge is 0.343 e. The van der Waals surface area contributed by atoms with Gasteiger partial charge >= 0.3 is 0 Å². The molecule has 0 saturated carbocycles. The Morgan fingerprint density at radius 1 is 0.903 bits per heavy atom. The molecule has 0 aliphatic carbocycles. The molecule has 0 bridgehead atoms. The van der Waals surface area contributed by atoms with Crippen LogP contribution >= 0.6 is 0 Å². The summed E-state index contributed by atoms with van der Waals surface area (Å²) in [6, 6.07) is 16.5. The Hall–Kier alpha value is -3.74. The molecule has 3 aromatic rings. The first-order chi connectivity index (χ1) is 14.7. The van der Waals surface area contributed by atoms with Crippen LogP contribution in [0.2, 0.25) is 0 Å². The number of aryl methyl sites for hydroxylation is 1. The van der Waals surface area contributed by atoms with Crippen LogP contribution in [-0.2, 0) is 10.2 Å². The van der Waals surface area contributed by atoms with Gasteiger partial charge in [0.15, 0.2) is 0 Å². The van der Waals surface area contributed by atoms with E-state index in [1.807, 2.05) is 37.3 Å². The second-order valence-corrected chi connectivity index (χ2v) is 8.31. The third-order valence-electron chi connectivity index (χ3n) is 4.67. The van der Waals surface area contributed by atoms with Gasteiger partial charge in [-0.1, -0.05) is 32.9 Å². The van der Waals surface area contributed by atoms with Crippen LogP contribution in [0.25, 0.3) is 0 Å². The van der Waals surface area contributed by atoms with Gasteiger partial charge in [-0.3, -0.25) is 9.59 Å². The fraction of sp³-hybridized carbons (Fsp3) is 0.250. The van der Waals surface area contributed by atoms with Gasteiger partial charge in [0.05, 0.1) is 6.54 Å². The van der Waals surface area contributed by atoms with Crippen molar-refractivity contribution in [3.63, 3.8) is 0 Å². The molecule has 0 aliphatic heterocycles. The highest BCUT2D eigenvalue weighted by Gasteiger charge is 2.14. The average Bonchev–Trinajstić information content (AvgIpc) is 2.73. The van der Waals surface area contributed by atoms with Crippen molar-refractivity contribution in [2.75, 3.05) is 17.2 Å². The second-order valence-electron chi connectivity index (χ2n) is 8.31. The topological polar surface area (TPSA) is 96.0 Å². The Bertz CT molecular complexity index is 1050. The van der Waals surface area contributed by atoms with Gasteiger partial charge in [0, 0.05) is 28.7 Å². The zero-order chi connectivity index (χ0) is 22.4. The quantitative estimate of drug-likeness (QED) is 0.559. The van der Waals surface area contributed by atoms with Crippen LogP contribution in [0.5, 0.6) is 0 Å². The smallest absolute Gasteiger partial charge is 0.251 e. The summed E-state index contributed by atoms with van der Waals surface area (Å²) in [6.07, 6.45) is 1.50. The molecule has 0 atom stereocenters. The van der Waals surface area contributed by atoms with Gasteiger partial charge in [-0.15, -0.1) is 0 Å². The summed E-state index contributed by atoms with van der Waals surface area (Å²) in [5, 5.41) is 8.60. The summed E-state index contributed by atoms with van der Waals surface area (Å²) < 4.78 is 0. The molecule has 0 fully saturated rings. The molecular formula is C24H27N5O2. The highest BCUT2D eigenvalue weighted by molar-refractivity contribution is 5.99. The van der Waals surface area contributed by atoms with Crippen LogP contribution in [0.4, 0.5) is 17.2 Å². The second kappa shape index (κ2) is 9.38. The Morgan fingerprint density at radius 2 is 1.55 bits per heavy atom. The van der Waals surface area contributed by atoms with E-state index >= 15 is 0 Å². The standard InChI is InChI=1S/C24H27N5O2/c1-16-13-21(27-15-26-16)28-19-9-11-20(12-10-19)29-22(30)14-25-23(31)17-5-7-18(8-6-17)24(2,3)4/h5-13,15H,14H2,1-4H3,(H,25,31)(H,29,30)(H,26,27,28). The van der Waals surface area contributed by atoms with Gasteiger partial charge in [-0.2, -0.15) is 0 Å². The molecule has 7 nitrogen and oxygen atoms in total. The number of hydrogen-bond donors (Lipinski definition) is 3. The van der Waals surface area contributed by atoms with Crippen molar-refractivity contribution >= 4 is 29.0 Å². The minimum Gasteiger partial charge on any atom is -0.343 e. The predicted molar refractivity (Wildman–Crippen MR) is 123 cm³/mol. The molecule has 3 N–H and O–H groups in total.